The largest absolute Gasteiger partial charge is 0.375 e. The van der Waals surface area contributed by atoms with E-state index in [0.29, 0.717) is 29.1 Å². The average molecular weight is 248 g/mol. The van der Waals surface area contributed by atoms with E-state index in [2.05, 4.69) is 25.1 Å². The zero-order valence-corrected chi connectivity index (χ0v) is 9.44. The van der Waals surface area contributed by atoms with Crippen molar-refractivity contribution in [3.63, 3.8) is 0 Å². The second-order valence-electron chi connectivity index (χ2n) is 3.30. The summed E-state index contributed by atoms with van der Waals surface area (Å²) in [6.07, 6.45) is 3.81. The summed E-state index contributed by atoms with van der Waals surface area (Å²) in [5.74, 6) is 1.51. The van der Waals surface area contributed by atoms with Gasteiger partial charge in [-0.3, -0.25) is 0 Å². The first-order valence-electron chi connectivity index (χ1n) is 4.83. The molecule has 0 aromatic carbocycles. The molecule has 0 spiro atoms. The van der Waals surface area contributed by atoms with Crippen molar-refractivity contribution in [3.8, 4) is 11.6 Å². The number of nitrogens with one attached hydrogen (secondary N) is 1. The lowest BCUT2D eigenvalue weighted by molar-refractivity contribution is 0.385. The van der Waals surface area contributed by atoms with Crippen molar-refractivity contribution in [1.29, 1.82) is 0 Å². The number of nitrogens with two attached hydrogens (primary N) is 1. The minimum Gasteiger partial charge on any atom is -0.375 e. The number of nitrogens with zero attached hydrogens (tertiary/aromatic N) is 4. The Kier molecular flexibility index (Phi) is 2.33. The molecule has 0 atom stereocenters. The molecule has 3 N–H and O–H groups in total. The van der Waals surface area contributed by atoms with E-state index >= 15 is 0 Å². The molecule has 8 heteroatoms. The molecule has 0 radical (unpaired) electrons. The molecular weight excluding hydrogens is 240 g/mol. The lowest BCUT2D eigenvalue weighted by Crippen LogP contribution is -1.90. The highest BCUT2D eigenvalue weighted by atomic mass is 32.1. The fourth-order valence-corrected chi connectivity index (χ4v) is 1.93. The third-order valence-corrected chi connectivity index (χ3v) is 2.80. The van der Waals surface area contributed by atoms with Crippen LogP contribution in [0.25, 0.3) is 11.6 Å². The Bertz CT molecular complexity index is 613. The summed E-state index contributed by atoms with van der Waals surface area (Å²) in [7, 11) is 0. The molecular formula is C9H8N6OS. The predicted molar refractivity (Wildman–Crippen MR) is 61.2 cm³/mol. The van der Waals surface area contributed by atoms with Crippen molar-refractivity contribution < 1.29 is 4.52 Å². The van der Waals surface area contributed by atoms with E-state index in [0.717, 1.165) is 5.69 Å². The number of anilines is 1. The number of rotatable bonds is 3. The molecule has 0 bridgehead atoms. The highest BCUT2D eigenvalue weighted by Gasteiger charge is 2.11. The van der Waals surface area contributed by atoms with Gasteiger partial charge < -0.3 is 15.2 Å². The SMILES string of the molecule is Nc1nc(Cc2nc(-c3ncc[nH]3)no2)cs1. The van der Waals surface area contributed by atoms with E-state index < -0.39 is 0 Å². The van der Waals surface area contributed by atoms with Gasteiger partial charge in [-0.25, -0.2) is 9.97 Å². The summed E-state index contributed by atoms with van der Waals surface area (Å²) >= 11 is 1.39. The molecule has 3 heterocycles. The Hall–Kier alpha value is -2.22. The predicted octanol–water partition coefficient (Wildman–Crippen LogP) is 1.09. The van der Waals surface area contributed by atoms with Crippen LogP contribution in [0.15, 0.2) is 22.3 Å². The van der Waals surface area contributed by atoms with Gasteiger partial charge in [0.15, 0.2) is 11.0 Å². The summed E-state index contributed by atoms with van der Waals surface area (Å²) in [6.45, 7) is 0. The highest BCUT2D eigenvalue weighted by molar-refractivity contribution is 7.13. The first kappa shape index (κ1) is 9.97. The van der Waals surface area contributed by atoms with E-state index in [4.69, 9.17) is 10.3 Å². The molecule has 7 nitrogen and oxygen atoms in total. The van der Waals surface area contributed by atoms with Crippen molar-refractivity contribution in [2.24, 2.45) is 0 Å². The fraction of sp³-hybridized carbons (Fsp3) is 0.111. The lowest BCUT2D eigenvalue weighted by Gasteiger charge is -1.87. The molecule has 0 aliphatic carbocycles. The molecule has 3 aromatic rings. The smallest absolute Gasteiger partial charge is 0.238 e. The van der Waals surface area contributed by atoms with E-state index in [1.165, 1.54) is 11.3 Å². The minimum absolute atomic E-state index is 0.438. The van der Waals surface area contributed by atoms with Gasteiger partial charge in [0.1, 0.15) is 0 Å². The van der Waals surface area contributed by atoms with Gasteiger partial charge in [-0.1, -0.05) is 5.16 Å². The molecule has 0 fully saturated rings. The molecule has 86 valence electrons. The standard InChI is InChI=1S/C9H8N6OS/c10-9-13-5(4-17-9)3-6-14-8(15-16-6)7-11-1-2-12-7/h1-2,4H,3H2,(H2,10,13)(H,11,12). The van der Waals surface area contributed by atoms with Gasteiger partial charge in [0.05, 0.1) is 12.1 Å². The van der Waals surface area contributed by atoms with Crippen molar-refractivity contribution in [1.82, 2.24) is 25.1 Å². The van der Waals surface area contributed by atoms with E-state index in [9.17, 15) is 0 Å². The molecule has 0 unspecified atom stereocenters. The zero-order valence-electron chi connectivity index (χ0n) is 8.62. The number of hydrogen-bond donors (Lipinski definition) is 2. The Morgan fingerprint density at radius 3 is 3.06 bits per heavy atom. The van der Waals surface area contributed by atoms with Crippen LogP contribution in [0.5, 0.6) is 0 Å². The van der Waals surface area contributed by atoms with Crippen molar-refractivity contribution >= 4 is 16.5 Å². The Balaban J connectivity index is 1.81. The lowest BCUT2D eigenvalue weighted by atomic mass is 10.3. The molecule has 17 heavy (non-hydrogen) atoms. The third kappa shape index (κ3) is 2.02. The van der Waals surface area contributed by atoms with Gasteiger partial charge in [-0.05, 0) is 0 Å². The molecule has 0 amide bonds. The van der Waals surface area contributed by atoms with Crippen LogP contribution < -0.4 is 5.73 Å². The molecule has 0 saturated heterocycles. The molecule has 3 aromatic heterocycles. The maximum Gasteiger partial charge on any atom is 0.238 e. The highest BCUT2D eigenvalue weighted by Crippen LogP contribution is 2.16. The first-order chi connectivity index (χ1) is 8.31. The minimum atomic E-state index is 0.438. The summed E-state index contributed by atoms with van der Waals surface area (Å²) in [4.78, 5) is 15.3. The monoisotopic (exact) mass is 248 g/mol. The number of aromatic amines is 1. The summed E-state index contributed by atoms with van der Waals surface area (Å²) < 4.78 is 5.10. The Labute approximate surface area is 99.7 Å². The summed E-state index contributed by atoms with van der Waals surface area (Å²) in [6, 6.07) is 0. The van der Waals surface area contributed by atoms with Crippen LogP contribution >= 0.6 is 11.3 Å². The van der Waals surface area contributed by atoms with Gasteiger partial charge >= 0.3 is 0 Å². The van der Waals surface area contributed by atoms with Gasteiger partial charge in [-0.15, -0.1) is 11.3 Å². The molecule has 3 rings (SSSR count). The van der Waals surface area contributed by atoms with E-state index in [-0.39, 0.29) is 0 Å². The van der Waals surface area contributed by atoms with Crippen molar-refractivity contribution in [2.75, 3.05) is 5.73 Å². The van der Waals surface area contributed by atoms with Crippen LogP contribution in [0.3, 0.4) is 0 Å². The van der Waals surface area contributed by atoms with Gasteiger partial charge in [0.2, 0.25) is 11.7 Å². The quantitative estimate of drug-likeness (QED) is 0.718. The van der Waals surface area contributed by atoms with Crippen LogP contribution in [-0.2, 0) is 6.42 Å². The van der Waals surface area contributed by atoms with Crippen LogP contribution in [0, 0.1) is 0 Å². The van der Waals surface area contributed by atoms with Gasteiger partial charge in [0, 0.05) is 17.8 Å². The second kappa shape index (κ2) is 3.98. The second-order valence-corrected chi connectivity index (χ2v) is 4.19. The molecule has 0 saturated carbocycles. The van der Waals surface area contributed by atoms with Crippen LogP contribution in [0.4, 0.5) is 5.13 Å². The molecule has 0 aliphatic rings. The number of aromatic nitrogens is 5. The maximum absolute atomic E-state index is 5.54. The number of H-pyrrole nitrogens is 1. The number of hydrogen-bond acceptors (Lipinski definition) is 7. The average Bonchev–Trinajstić information content (AvgIpc) is 3.00. The van der Waals surface area contributed by atoms with Gasteiger partial charge in [0.25, 0.3) is 0 Å². The number of nitrogen functional groups attached to an aromatic ring is 1. The first-order valence-corrected chi connectivity index (χ1v) is 5.71. The fourth-order valence-electron chi connectivity index (χ4n) is 1.37. The Morgan fingerprint density at radius 1 is 1.41 bits per heavy atom. The number of imidazole rings is 1. The summed E-state index contributed by atoms with van der Waals surface area (Å²) in [5, 5.41) is 6.23. The zero-order chi connectivity index (χ0) is 11.7. The van der Waals surface area contributed by atoms with Crippen molar-refractivity contribution in [2.45, 2.75) is 6.42 Å². The van der Waals surface area contributed by atoms with Crippen LogP contribution in [0.2, 0.25) is 0 Å². The number of thiazole rings is 1. The van der Waals surface area contributed by atoms with E-state index in [1.807, 2.05) is 5.38 Å². The third-order valence-electron chi connectivity index (χ3n) is 2.08. The van der Waals surface area contributed by atoms with E-state index in [1.54, 1.807) is 12.4 Å². The van der Waals surface area contributed by atoms with Crippen LogP contribution in [-0.4, -0.2) is 25.1 Å². The Morgan fingerprint density at radius 2 is 2.35 bits per heavy atom. The molecule has 0 aliphatic heterocycles. The van der Waals surface area contributed by atoms with Crippen molar-refractivity contribution in [3.05, 3.63) is 29.4 Å². The van der Waals surface area contributed by atoms with Gasteiger partial charge in [-0.2, -0.15) is 4.98 Å². The topological polar surface area (TPSA) is 107 Å². The van der Waals surface area contributed by atoms with Crippen LogP contribution in [0.1, 0.15) is 11.6 Å². The summed E-state index contributed by atoms with van der Waals surface area (Å²) in [5.41, 5.74) is 6.36. The maximum atomic E-state index is 5.54. The normalized spacial score (nSPS) is 10.8.